The van der Waals surface area contributed by atoms with Crippen molar-refractivity contribution in [3.63, 3.8) is 0 Å². The maximum Gasteiger partial charge on any atom is 0.419 e. The van der Waals surface area contributed by atoms with Crippen LogP contribution in [0.15, 0.2) is 18.2 Å². The van der Waals surface area contributed by atoms with E-state index < -0.39 is 23.5 Å². The molecule has 0 spiro atoms. The third kappa shape index (κ3) is 3.06. The molecule has 0 unspecified atom stereocenters. The number of hydrogen-bond donors (Lipinski definition) is 1. The van der Waals surface area contributed by atoms with E-state index in [1.54, 1.807) is 0 Å². The maximum atomic E-state index is 13.0. The molecule has 0 saturated heterocycles. The van der Waals surface area contributed by atoms with Gasteiger partial charge >= 0.3 is 6.18 Å². The Morgan fingerprint density at radius 1 is 1.38 bits per heavy atom. The molecule has 0 atom stereocenters. The van der Waals surface area contributed by atoms with Crippen molar-refractivity contribution in [1.29, 1.82) is 0 Å². The highest BCUT2D eigenvalue weighted by Gasteiger charge is 2.34. The van der Waals surface area contributed by atoms with Gasteiger partial charge < -0.3 is 5.32 Å². The molecule has 0 aromatic heterocycles. The van der Waals surface area contributed by atoms with Crippen LogP contribution >= 0.6 is 22.6 Å². The van der Waals surface area contributed by atoms with Crippen molar-refractivity contribution in [1.82, 2.24) is 5.32 Å². The van der Waals surface area contributed by atoms with Crippen molar-refractivity contribution in [3.05, 3.63) is 35.1 Å². The molecule has 1 N–H and O–H groups in total. The van der Waals surface area contributed by atoms with E-state index in [2.05, 4.69) is 5.32 Å². The third-order valence-corrected chi connectivity index (χ3v) is 2.15. The van der Waals surface area contributed by atoms with Gasteiger partial charge in [0.1, 0.15) is 5.82 Å². The number of rotatable bonds is 2. The number of benzene rings is 1. The molecule has 0 saturated carbocycles. The molecule has 16 heavy (non-hydrogen) atoms. The predicted octanol–water partition coefficient (Wildman–Crippen LogP) is 2.97. The SMILES string of the molecule is O=C(NCI)c1ccc(C(F)(F)F)c(F)c1. The summed E-state index contributed by atoms with van der Waals surface area (Å²) in [5.74, 6) is -2.06. The second kappa shape index (κ2) is 4.98. The van der Waals surface area contributed by atoms with Crippen LogP contribution in [0, 0.1) is 5.82 Å². The fourth-order valence-electron chi connectivity index (χ4n) is 1.05. The fourth-order valence-corrected chi connectivity index (χ4v) is 1.40. The molecule has 88 valence electrons. The Labute approximate surface area is 102 Å². The zero-order chi connectivity index (χ0) is 12.3. The van der Waals surface area contributed by atoms with Crippen LogP contribution in [0.5, 0.6) is 0 Å². The largest absolute Gasteiger partial charge is 0.419 e. The average Bonchev–Trinajstić information content (AvgIpc) is 2.16. The van der Waals surface area contributed by atoms with Crippen LogP contribution in [-0.2, 0) is 6.18 Å². The summed E-state index contributed by atoms with van der Waals surface area (Å²) in [7, 11) is 0. The molecule has 0 heterocycles. The quantitative estimate of drug-likeness (QED) is 0.379. The molecule has 7 heteroatoms. The Morgan fingerprint density at radius 3 is 2.44 bits per heavy atom. The van der Waals surface area contributed by atoms with Gasteiger partial charge in [-0.25, -0.2) is 4.39 Å². The van der Waals surface area contributed by atoms with E-state index in [-0.39, 0.29) is 5.56 Å². The first-order valence-corrected chi connectivity index (χ1v) is 5.59. The van der Waals surface area contributed by atoms with Gasteiger partial charge in [0.25, 0.3) is 5.91 Å². The van der Waals surface area contributed by atoms with Crippen LogP contribution in [0.25, 0.3) is 0 Å². The van der Waals surface area contributed by atoms with E-state index in [1.165, 1.54) is 0 Å². The molecule has 0 aliphatic carbocycles. The van der Waals surface area contributed by atoms with E-state index >= 15 is 0 Å². The third-order valence-electron chi connectivity index (χ3n) is 1.76. The summed E-state index contributed by atoms with van der Waals surface area (Å²) in [5.41, 5.74) is -1.51. The number of amides is 1. The van der Waals surface area contributed by atoms with Crippen molar-refractivity contribution in [3.8, 4) is 0 Å². The predicted molar refractivity (Wildman–Crippen MR) is 57.8 cm³/mol. The minimum Gasteiger partial charge on any atom is -0.343 e. The second-order valence-corrected chi connectivity index (χ2v) is 3.59. The molecule has 0 aliphatic rings. The van der Waals surface area contributed by atoms with Crippen molar-refractivity contribution in [2.75, 3.05) is 4.55 Å². The van der Waals surface area contributed by atoms with E-state index in [0.29, 0.717) is 16.7 Å². The topological polar surface area (TPSA) is 29.1 Å². The van der Waals surface area contributed by atoms with Gasteiger partial charge in [0.15, 0.2) is 0 Å². The van der Waals surface area contributed by atoms with Crippen molar-refractivity contribution < 1.29 is 22.4 Å². The van der Waals surface area contributed by atoms with Gasteiger partial charge in [-0.05, 0) is 18.2 Å². The Kier molecular flexibility index (Phi) is 4.11. The molecule has 2 nitrogen and oxygen atoms in total. The van der Waals surface area contributed by atoms with Crippen LogP contribution in [0.1, 0.15) is 15.9 Å². The molecule has 0 radical (unpaired) electrons. The molecule has 1 aromatic rings. The van der Waals surface area contributed by atoms with Crippen LogP contribution in [0.4, 0.5) is 17.6 Å². The van der Waals surface area contributed by atoms with Gasteiger partial charge in [0.05, 0.1) is 10.1 Å². The molecule has 1 aromatic carbocycles. The Hall–Kier alpha value is -0.860. The number of halogens is 5. The van der Waals surface area contributed by atoms with Gasteiger partial charge in [0.2, 0.25) is 0 Å². The molecule has 0 bridgehead atoms. The van der Waals surface area contributed by atoms with Gasteiger partial charge in [-0.2, -0.15) is 13.2 Å². The highest BCUT2D eigenvalue weighted by atomic mass is 127. The van der Waals surface area contributed by atoms with E-state index in [0.717, 1.165) is 6.07 Å². The highest BCUT2D eigenvalue weighted by molar-refractivity contribution is 14.1. The lowest BCUT2D eigenvalue weighted by molar-refractivity contribution is -0.140. The average molecular weight is 347 g/mol. The summed E-state index contributed by atoms with van der Waals surface area (Å²) in [6.45, 7) is 0. The normalized spacial score (nSPS) is 11.3. The molecular weight excluding hydrogens is 341 g/mol. The highest BCUT2D eigenvalue weighted by Crippen LogP contribution is 2.31. The Morgan fingerprint density at radius 2 is 2.00 bits per heavy atom. The molecule has 1 rings (SSSR count). The Bertz CT molecular complexity index is 405. The summed E-state index contributed by atoms with van der Waals surface area (Å²) in [6.07, 6.45) is -4.75. The summed E-state index contributed by atoms with van der Waals surface area (Å²) in [5, 5.41) is 2.35. The summed E-state index contributed by atoms with van der Waals surface area (Å²) >= 11 is 1.85. The van der Waals surface area contributed by atoms with Crippen LogP contribution in [-0.4, -0.2) is 10.5 Å². The Balaban J connectivity index is 3.05. The van der Waals surface area contributed by atoms with Crippen molar-refractivity contribution in [2.45, 2.75) is 6.18 Å². The zero-order valence-electron chi connectivity index (χ0n) is 7.74. The number of nitrogens with one attached hydrogen (secondary N) is 1. The number of carbonyl (C=O) groups excluding carboxylic acids is 1. The summed E-state index contributed by atoms with van der Waals surface area (Å²) in [6, 6.07) is 2.06. The number of hydrogen-bond acceptors (Lipinski definition) is 1. The molecule has 0 aliphatic heterocycles. The van der Waals surface area contributed by atoms with E-state index in [1.807, 2.05) is 22.6 Å². The maximum absolute atomic E-state index is 13.0. The van der Waals surface area contributed by atoms with Crippen LogP contribution in [0.2, 0.25) is 0 Å². The molecular formula is C9H6F4INO. The van der Waals surface area contributed by atoms with Crippen molar-refractivity contribution in [2.24, 2.45) is 0 Å². The summed E-state index contributed by atoms with van der Waals surface area (Å²) < 4.78 is 49.9. The molecule has 0 fully saturated rings. The van der Waals surface area contributed by atoms with Crippen LogP contribution < -0.4 is 5.32 Å². The van der Waals surface area contributed by atoms with E-state index in [9.17, 15) is 22.4 Å². The molecule has 1 amide bonds. The van der Waals surface area contributed by atoms with Gasteiger partial charge in [0, 0.05) is 5.56 Å². The fraction of sp³-hybridized carbons (Fsp3) is 0.222. The van der Waals surface area contributed by atoms with E-state index in [4.69, 9.17) is 0 Å². The lowest BCUT2D eigenvalue weighted by atomic mass is 10.1. The monoisotopic (exact) mass is 347 g/mol. The lowest BCUT2D eigenvalue weighted by Crippen LogP contribution is -2.21. The zero-order valence-corrected chi connectivity index (χ0v) is 9.89. The smallest absolute Gasteiger partial charge is 0.343 e. The minimum atomic E-state index is -4.75. The first-order chi connectivity index (χ1) is 7.36. The number of carbonyl (C=O) groups is 1. The van der Waals surface area contributed by atoms with Gasteiger partial charge in [-0.3, -0.25) is 4.79 Å². The lowest BCUT2D eigenvalue weighted by Gasteiger charge is -2.09. The van der Waals surface area contributed by atoms with Crippen LogP contribution in [0.3, 0.4) is 0 Å². The summed E-state index contributed by atoms with van der Waals surface area (Å²) in [4.78, 5) is 11.2. The van der Waals surface area contributed by atoms with Gasteiger partial charge in [-0.1, -0.05) is 22.6 Å². The minimum absolute atomic E-state index is 0.137. The van der Waals surface area contributed by atoms with Crippen molar-refractivity contribution >= 4 is 28.5 Å². The first-order valence-electron chi connectivity index (χ1n) is 4.07. The number of alkyl halides is 4. The van der Waals surface area contributed by atoms with Gasteiger partial charge in [-0.15, -0.1) is 0 Å². The first kappa shape index (κ1) is 13.2. The standard InChI is InChI=1S/C9H6F4INO/c10-7-3-5(8(16)15-4-14)1-2-6(7)9(11,12)13/h1-3H,4H2,(H,15,16). The second-order valence-electron chi connectivity index (χ2n) is 2.83.